The summed E-state index contributed by atoms with van der Waals surface area (Å²) >= 11 is 0. The molecular formula is C16H17F4N. The van der Waals surface area contributed by atoms with E-state index >= 15 is 0 Å². The molecule has 1 nitrogen and oxygen atoms in total. The van der Waals surface area contributed by atoms with Gasteiger partial charge in [0.1, 0.15) is 5.82 Å². The van der Waals surface area contributed by atoms with Crippen LogP contribution in [0.15, 0.2) is 29.8 Å². The fraction of sp³-hybridized carbons (Fsp3) is 0.500. The normalized spacial score (nSPS) is 25.9. The van der Waals surface area contributed by atoms with Crippen molar-refractivity contribution in [3.05, 3.63) is 41.2 Å². The average Bonchev–Trinajstić information content (AvgIpc) is 3.02. The smallest absolute Gasteiger partial charge is 0.379 e. The lowest BCUT2D eigenvalue weighted by molar-refractivity contribution is -0.139. The van der Waals surface area contributed by atoms with E-state index in [2.05, 4.69) is 11.4 Å². The summed E-state index contributed by atoms with van der Waals surface area (Å²) in [6.45, 7) is 1.95. The number of alkyl halides is 3. The van der Waals surface area contributed by atoms with Crippen molar-refractivity contribution >= 4 is 5.69 Å². The van der Waals surface area contributed by atoms with Gasteiger partial charge in [0.25, 0.3) is 0 Å². The Labute approximate surface area is 121 Å². The van der Waals surface area contributed by atoms with E-state index in [1.165, 1.54) is 30.9 Å². The van der Waals surface area contributed by atoms with E-state index in [0.717, 1.165) is 12.1 Å². The molecule has 3 atom stereocenters. The van der Waals surface area contributed by atoms with Crippen molar-refractivity contribution in [1.82, 2.24) is 0 Å². The summed E-state index contributed by atoms with van der Waals surface area (Å²) in [7, 11) is 0. The van der Waals surface area contributed by atoms with E-state index in [1.54, 1.807) is 0 Å². The molecule has 2 aliphatic rings. The Bertz CT molecular complexity index is 576. The molecule has 2 bridgehead atoms. The predicted octanol–water partition coefficient (Wildman–Crippen LogP) is 5.00. The highest BCUT2D eigenvalue weighted by Crippen LogP contribution is 2.45. The second-order valence-corrected chi connectivity index (χ2v) is 6.00. The Kier molecular flexibility index (Phi) is 3.46. The van der Waals surface area contributed by atoms with Crippen LogP contribution in [0, 0.1) is 17.7 Å². The molecule has 0 aliphatic heterocycles. The van der Waals surface area contributed by atoms with Crippen LogP contribution in [0.3, 0.4) is 0 Å². The first-order valence-electron chi connectivity index (χ1n) is 7.19. The molecule has 0 saturated heterocycles. The largest absolute Gasteiger partial charge is 0.419 e. The topological polar surface area (TPSA) is 12.0 Å². The number of hydrogen-bond acceptors (Lipinski definition) is 1. The molecule has 1 fully saturated rings. The molecule has 3 unspecified atom stereocenters. The predicted molar refractivity (Wildman–Crippen MR) is 73.4 cm³/mol. The maximum absolute atomic E-state index is 13.3. The van der Waals surface area contributed by atoms with Crippen molar-refractivity contribution in [2.75, 3.05) is 5.32 Å². The lowest BCUT2D eigenvalue weighted by Crippen LogP contribution is -2.22. The van der Waals surface area contributed by atoms with E-state index < -0.39 is 17.6 Å². The van der Waals surface area contributed by atoms with E-state index in [9.17, 15) is 17.6 Å². The van der Waals surface area contributed by atoms with Crippen LogP contribution in [0.4, 0.5) is 23.2 Å². The fourth-order valence-electron chi connectivity index (χ4n) is 3.54. The van der Waals surface area contributed by atoms with Gasteiger partial charge in [0.15, 0.2) is 0 Å². The van der Waals surface area contributed by atoms with Gasteiger partial charge in [-0.05, 0) is 61.8 Å². The van der Waals surface area contributed by atoms with Crippen LogP contribution in [0.1, 0.15) is 31.7 Å². The molecule has 0 amide bonds. The molecule has 0 spiro atoms. The monoisotopic (exact) mass is 299 g/mol. The first-order valence-corrected chi connectivity index (χ1v) is 7.19. The summed E-state index contributed by atoms with van der Waals surface area (Å²) in [5, 5.41) is 3.07. The molecule has 0 heterocycles. The van der Waals surface area contributed by atoms with Crippen molar-refractivity contribution in [3.8, 4) is 0 Å². The second-order valence-electron chi connectivity index (χ2n) is 6.00. The minimum atomic E-state index is -4.67. The zero-order valence-electron chi connectivity index (χ0n) is 11.7. The molecule has 0 radical (unpaired) electrons. The maximum Gasteiger partial charge on any atom is 0.419 e. The number of fused-ring (bicyclic) bond motifs is 2. The molecule has 0 aromatic heterocycles. The van der Waals surface area contributed by atoms with Crippen molar-refractivity contribution in [3.63, 3.8) is 0 Å². The number of anilines is 1. The van der Waals surface area contributed by atoms with Crippen LogP contribution >= 0.6 is 0 Å². The fourth-order valence-corrected chi connectivity index (χ4v) is 3.54. The van der Waals surface area contributed by atoms with Crippen molar-refractivity contribution < 1.29 is 17.6 Å². The quantitative estimate of drug-likeness (QED) is 0.611. The number of hydrogen-bond donors (Lipinski definition) is 1. The average molecular weight is 299 g/mol. The van der Waals surface area contributed by atoms with Crippen LogP contribution < -0.4 is 5.32 Å². The van der Waals surface area contributed by atoms with Gasteiger partial charge in [0, 0.05) is 11.7 Å². The second kappa shape index (κ2) is 5.04. The van der Waals surface area contributed by atoms with E-state index in [-0.39, 0.29) is 6.04 Å². The molecule has 2 aliphatic carbocycles. The Balaban J connectivity index is 1.78. The molecule has 5 heteroatoms. The van der Waals surface area contributed by atoms with Crippen LogP contribution in [0.25, 0.3) is 0 Å². The van der Waals surface area contributed by atoms with Crippen molar-refractivity contribution in [1.29, 1.82) is 0 Å². The summed E-state index contributed by atoms with van der Waals surface area (Å²) < 4.78 is 51.4. The van der Waals surface area contributed by atoms with Gasteiger partial charge < -0.3 is 5.32 Å². The van der Waals surface area contributed by atoms with Crippen molar-refractivity contribution in [2.24, 2.45) is 11.8 Å². The standard InChI is InChI=1S/C16H17F4N/c1-9(13-7-10-2-3-11(13)6-10)21-12-4-5-15(17)14(8-12)16(18,19)20/h4-5,7-11,21H,2-3,6H2,1H3. The minimum Gasteiger partial charge on any atom is -0.379 e. The number of allylic oxidation sites excluding steroid dienone is 1. The van der Waals surface area contributed by atoms with Gasteiger partial charge in [-0.2, -0.15) is 13.2 Å². The van der Waals surface area contributed by atoms with E-state index in [1.807, 2.05) is 6.92 Å². The van der Waals surface area contributed by atoms with Crippen LogP contribution in [-0.2, 0) is 6.18 Å². The summed E-state index contributed by atoms with van der Waals surface area (Å²) in [6.07, 6.45) is 1.13. The molecule has 21 heavy (non-hydrogen) atoms. The van der Waals surface area contributed by atoms with Gasteiger partial charge >= 0.3 is 6.18 Å². The highest BCUT2D eigenvalue weighted by molar-refractivity contribution is 5.49. The number of benzene rings is 1. The van der Waals surface area contributed by atoms with E-state index in [0.29, 0.717) is 17.5 Å². The first kappa shape index (κ1) is 14.4. The van der Waals surface area contributed by atoms with Gasteiger partial charge in [-0.3, -0.25) is 0 Å². The van der Waals surface area contributed by atoms with Gasteiger partial charge in [0.2, 0.25) is 0 Å². The SMILES string of the molecule is CC(Nc1ccc(F)c(C(F)(F)F)c1)C1=CC2CCC1C2. The highest BCUT2D eigenvalue weighted by atomic mass is 19.4. The third kappa shape index (κ3) is 2.78. The third-order valence-electron chi connectivity index (χ3n) is 4.53. The Hall–Kier alpha value is -1.52. The minimum absolute atomic E-state index is 0.0214. The summed E-state index contributed by atoms with van der Waals surface area (Å²) in [5.74, 6) is -0.0481. The van der Waals surface area contributed by atoms with Crippen LogP contribution in [0.2, 0.25) is 0 Å². The number of halogens is 4. The Morgan fingerprint density at radius 1 is 1.24 bits per heavy atom. The molecular weight excluding hydrogens is 282 g/mol. The molecule has 1 N–H and O–H groups in total. The number of nitrogens with one attached hydrogen (secondary N) is 1. The zero-order chi connectivity index (χ0) is 15.2. The molecule has 1 aromatic rings. The first-order chi connectivity index (χ1) is 9.84. The van der Waals surface area contributed by atoms with Crippen LogP contribution in [-0.4, -0.2) is 6.04 Å². The summed E-state index contributed by atoms with van der Waals surface area (Å²) in [4.78, 5) is 0. The molecule has 3 rings (SSSR count). The van der Waals surface area contributed by atoms with E-state index in [4.69, 9.17) is 0 Å². The zero-order valence-corrected chi connectivity index (χ0v) is 11.7. The Morgan fingerprint density at radius 3 is 2.57 bits per heavy atom. The van der Waals surface area contributed by atoms with Crippen LogP contribution in [0.5, 0.6) is 0 Å². The maximum atomic E-state index is 13.3. The lowest BCUT2D eigenvalue weighted by atomic mass is 9.93. The Morgan fingerprint density at radius 2 is 2.00 bits per heavy atom. The van der Waals surface area contributed by atoms with Gasteiger partial charge in [-0.15, -0.1) is 0 Å². The number of rotatable bonds is 3. The van der Waals surface area contributed by atoms with Gasteiger partial charge in [-0.25, -0.2) is 4.39 Å². The lowest BCUT2D eigenvalue weighted by Gasteiger charge is -2.23. The molecule has 114 valence electrons. The third-order valence-corrected chi connectivity index (χ3v) is 4.53. The molecule has 1 aromatic carbocycles. The highest BCUT2D eigenvalue weighted by Gasteiger charge is 2.36. The van der Waals surface area contributed by atoms with Gasteiger partial charge in [-0.1, -0.05) is 6.08 Å². The summed E-state index contributed by atoms with van der Waals surface area (Å²) in [5.41, 5.74) is 0.366. The molecule has 1 saturated carbocycles. The summed E-state index contributed by atoms with van der Waals surface area (Å²) in [6, 6.07) is 3.05. The van der Waals surface area contributed by atoms with Crippen molar-refractivity contribution in [2.45, 2.75) is 38.4 Å². The van der Waals surface area contributed by atoms with Gasteiger partial charge in [0.05, 0.1) is 5.56 Å².